The van der Waals surface area contributed by atoms with Crippen LogP contribution in [0, 0.1) is 3.57 Å². The first-order valence-electron chi connectivity index (χ1n) is 6.60. The van der Waals surface area contributed by atoms with Gasteiger partial charge in [-0.25, -0.2) is 0 Å². The Hall–Kier alpha value is -0.240. The van der Waals surface area contributed by atoms with Crippen LogP contribution in [0.2, 0.25) is 0 Å². The molecule has 1 unspecified atom stereocenters. The maximum Gasteiger partial charge on any atom is 0.304 e. The molecule has 0 aliphatic carbocycles. The molecule has 0 radical (unpaired) electrons. The van der Waals surface area contributed by atoms with E-state index in [4.69, 9.17) is 34.0 Å². The highest BCUT2D eigenvalue weighted by Gasteiger charge is 2.13. The van der Waals surface area contributed by atoms with Crippen LogP contribution >= 0.6 is 45.8 Å². The molecule has 0 heterocycles. The second kappa shape index (κ2) is 9.71. The van der Waals surface area contributed by atoms with Gasteiger partial charge in [0.05, 0.1) is 6.42 Å². The topological polar surface area (TPSA) is 66.6 Å². The van der Waals surface area contributed by atoms with E-state index in [-0.39, 0.29) is 12.5 Å². The number of carboxylic acids is 1. The highest BCUT2D eigenvalue weighted by molar-refractivity contribution is 14.1. The average Bonchev–Trinajstić information content (AvgIpc) is 2.40. The van der Waals surface area contributed by atoms with Crippen molar-refractivity contribution in [1.29, 1.82) is 0 Å². The van der Waals surface area contributed by atoms with Gasteiger partial charge in [0.1, 0.15) is 0 Å². The van der Waals surface area contributed by atoms with Crippen molar-refractivity contribution in [2.45, 2.75) is 18.9 Å². The summed E-state index contributed by atoms with van der Waals surface area (Å²) in [6.45, 7) is 1.44. The Bertz CT molecular complexity index is 468. The summed E-state index contributed by atoms with van der Waals surface area (Å²) < 4.78 is 1.08. The molecule has 0 bridgehead atoms. The third-order valence-corrected chi connectivity index (χ3v) is 4.41. The lowest BCUT2D eigenvalue weighted by atomic mass is 10.0. The van der Waals surface area contributed by atoms with Crippen molar-refractivity contribution in [3.8, 4) is 0 Å². The fourth-order valence-corrected chi connectivity index (χ4v) is 3.03. The summed E-state index contributed by atoms with van der Waals surface area (Å²) in [5.74, 6) is 0.174. The molecule has 1 aromatic carbocycles. The predicted octanol–water partition coefficient (Wildman–Crippen LogP) is 2.92. The fourth-order valence-electron chi connectivity index (χ4n) is 2.07. The second-order valence-electron chi connectivity index (χ2n) is 4.70. The van der Waals surface area contributed by atoms with Gasteiger partial charge in [-0.05, 0) is 52.8 Å². The smallest absolute Gasteiger partial charge is 0.304 e. The number of carbonyl (C=O) groups is 1. The van der Waals surface area contributed by atoms with Crippen LogP contribution in [-0.4, -0.2) is 42.0 Å². The van der Waals surface area contributed by atoms with Gasteiger partial charge in [-0.1, -0.05) is 0 Å². The molecule has 3 N–H and O–H groups in total. The molecule has 1 aromatic rings. The van der Waals surface area contributed by atoms with Crippen LogP contribution in [-0.2, 0) is 11.2 Å². The number of carboxylic acid groups (broad SMARTS) is 1. The minimum Gasteiger partial charge on any atom is -0.481 e. The Kier molecular flexibility index (Phi) is 8.70. The van der Waals surface area contributed by atoms with Gasteiger partial charge in [0.25, 0.3) is 0 Å². The van der Waals surface area contributed by atoms with Crippen LogP contribution in [0.5, 0.6) is 0 Å². The first-order chi connectivity index (χ1) is 9.97. The molecule has 0 saturated carbocycles. The summed E-state index contributed by atoms with van der Waals surface area (Å²) >= 11 is 13.9. The summed E-state index contributed by atoms with van der Waals surface area (Å²) in [5, 5.41) is 8.79. The van der Waals surface area contributed by atoms with Crippen molar-refractivity contribution in [2.75, 3.05) is 29.7 Å². The van der Waals surface area contributed by atoms with E-state index in [9.17, 15) is 4.79 Å². The molecule has 1 rings (SSSR count). The van der Waals surface area contributed by atoms with E-state index in [1.54, 1.807) is 0 Å². The van der Waals surface area contributed by atoms with E-state index >= 15 is 0 Å². The van der Waals surface area contributed by atoms with Crippen molar-refractivity contribution in [3.63, 3.8) is 0 Å². The van der Waals surface area contributed by atoms with Gasteiger partial charge in [-0.3, -0.25) is 4.79 Å². The second-order valence-corrected chi connectivity index (χ2v) is 6.62. The number of nitrogens with two attached hydrogens (primary N) is 1. The number of hydrogen-bond acceptors (Lipinski definition) is 3. The van der Waals surface area contributed by atoms with Gasteiger partial charge in [-0.15, -0.1) is 23.2 Å². The number of hydrogen-bond donors (Lipinski definition) is 2. The molecule has 118 valence electrons. The van der Waals surface area contributed by atoms with Gasteiger partial charge in [0.15, 0.2) is 0 Å². The average molecular weight is 445 g/mol. The maximum atomic E-state index is 10.7. The molecule has 0 spiro atoms. The summed E-state index contributed by atoms with van der Waals surface area (Å²) in [6, 6.07) is 5.69. The Balaban J connectivity index is 2.89. The number of nitrogens with zero attached hydrogens (tertiary/aromatic N) is 1. The standard InChI is InChI=1S/C14H19Cl2IN2O2/c15-3-5-19(6-4-16)12-1-2-13(17)10(8-12)7-11(18)9-14(20)21/h1-2,8,11H,3-7,9,18H2,(H,20,21). The zero-order valence-electron chi connectivity index (χ0n) is 11.6. The minimum atomic E-state index is -0.875. The van der Waals surface area contributed by atoms with E-state index in [1.165, 1.54) is 0 Å². The molecule has 0 amide bonds. The first kappa shape index (κ1) is 18.8. The summed E-state index contributed by atoms with van der Waals surface area (Å²) in [7, 11) is 0. The first-order valence-corrected chi connectivity index (χ1v) is 8.75. The molecule has 0 aliphatic rings. The van der Waals surface area contributed by atoms with Gasteiger partial charge in [0.2, 0.25) is 0 Å². The molecule has 0 saturated heterocycles. The van der Waals surface area contributed by atoms with E-state index in [2.05, 4.69) is 27.5 Å². The van der Waals surface area contributed by atoms with Crippen molar-refractivity contribution in [1.82, 2.24) is 0 Å². The number of aliphatic carboxylic acids is 1. The van der Waals surface area contributed by atoms with Crippen LogP contribution < -0.4 is 10.6 Å². The summed E-state index contributed by atoms with van der Waals surface area (Å²) in [4.78, 5) is 12.8. The Labute approximate surface area is 148 Å². The van der Waals surface area contributed by atoms with Crippen molar-refractivity contribution in [3.05, 3.63) is 27.3 Å². The van der Waals surface area contributed by atoms with Gasteiger partial charge in [-0.2, -0.15) is 0 Å². The highest BCUT2D eigenvalue weighted by atomic mass is 127. The Morgan fingerprint density at radius 3 is 2.48 bits per heavy atom. The predicted molar refractivity (Wildman–Crippen MR) is 96.7 cm³/mol. The van der Waals surface area contributed by atoms with Crippen LogP contribution in [0.15, 0.2) is 18.2 Å². The van der Waals surface area contributed by atoms with E-state index in [1.807, 2.05) is 18.2 Å². The number of rotatable bonds is 9. The molecule has 0 fully saturated rings. The van der Waals surface area contributed by atoms with Crippen LogP contribution in [0.3, 0.4) is 0 Å². The van der Waals surface area contributed by atoms with E-state index in [0.29, 0.717) is 18.2 Å². The van der Waals surface area contributed by atoms with Crippen molar-refractivity contribution < 1.29 is 9.90 Å². The monoisotopic (exact) mass is 444 g/mol. The van der Waals surface area contributed by atoms with E-state index < -0.39 is 5.97 Å². The molecule has 0 aromatic heterocycles. The molecule has 21 heavy (non-hydrogen) atoms. The van der Waals surface area contributed by atoms with Crippen molar-refractivity contribution >= 4 is 57.4 Å². The minimum absolute atomic E-state index is 0.0343. The van der Waals surface area contributed by atoms with Gasteiger partial charge in [0, 0.05) is 40.1 Å². The lowest BCUT2D eigenvalue weighted by Crippen LogP contribution is -2.29. The zero-order chi connectivity index (χ0) is 15.8. The normalized spacial score (nSPS) is 12.2. The van der Waals surface area contributed by atoms with Crippen LogP contribution in [0.4, 0.5) is 5.69 Å². The maximum absolute atomic E-state index is 10.7. The largest absolute Gasteiger partial charge is 0.481 e. The molecular weight excluding hydrogens is 426 g/mol. The number of alkyl halides is 2. The molecule has 7 heteroatoms. The Morgan fingerprint density at radius 2 is 1.95 bits per heavy atom. The third-order valence-electron chi connectivity index (χ3n) is 3.02. The lowest BCUT2D eigenvalue weighted by molar-refractivity contribution is -0.137. The summed E-state index contributed by atoms with van der Waals surface area (Å²) in [5.41, 5.74) is 7.97. The van der Waals surface area contributed by atoms with E-state index in [0.717, 1.165) is 27.9 Å². The number of benzene rings is 1. The van der Waals surface area contributed by atoms with Crippen molar-refractivity contribution in [2.24, 2.45) is 5.73 Å². The Morgan fingerprint density at radius 1 is 1.33 bits per heavy atom. The van der Waals surface area contributed by atoms with Gasteiger partial charge >= 0.3 is 5.97 Å². The molecular formula is C14H19Cl2IN2O2. The number of anilines is 1. The fraction of sp³-hybridized carbons (Fsp3) is 0.500. The molecule has 1 atom stereocenters. The van der Waals surface area contributed by atoms with Crippen LogP contribution in [0.1, 0.15) is 12.0 Å². The highest BCUT2D eigenvalue weighted by Crippen LogP contribution is 2.22. The lowest BCUT2D eigenvalue weighted by Gasteiger charge is -2.24. The van der Waals surface area contributed by atoms with Crippen LogP contribution in [0.25, 0.3) is 0 Å². The summed E-state index contributed by atoms with van der Waals surface area (Å²) in [6.07, 6.45) is 0.501. The quantitative estimate of drug-likeness (QED) is 0.454. The SMILES string of the molecule is NC(CC(=O)O)Cc1cc(N(CCCl)CCCl)ccc1I. The molecule has 4 nitrogen and oxygen atoms in total. The number of halogens is 3. The third kappa shape index (κ3) is 6.59. The zero-order valence-corrected chi connectivity index (χ0v) is 15.2. The van der Waals surface area contributed by atoms with Gasteiger partial charge < -0.3 is 15.7 Å². The molecule has 0 aliphatic heterocycles.